The molecule has 0 atom stereocenters. The fourth-order valence-corrected chi connectivity index (χ4v) is 3.39. The summed E-state index contributed by atoms with van der Waals surface area (Å²) < 4.78 is 10.9. The molecule has 1 amide bonds. The SMILES string of the molecule is COc1ccccc1OCCC(=O)NCCc1ccc(-c2csc(C)n2)cc1. The molecular formula is C22H24N2O3S. The number of ether oxygens (including phenoxy) is 2. The maximum absolute atomic E-state index is 12.0. The number of aromatic nitrogens is 1. The molecule has 0 radical (unpaired) electrons. The van der Waals surface area contributed by atoms with E-state index in [1.807, 2.05) is 31.2 Å². The first-order valence-electron chi connectivity index (χ1n) is 9.19. The molecule has 0 saturated carbocycles. The van der Waals surface area contributed by atoms with E-state index in [0.717, 1.165) is 22.7 Å². The van der Waals surface area contributed by atoms with E-state index in [2.05, 4.69) is 39.9 Å². The second kappa shape index (κ2) is 9.90. The van der Waals surface area contributed by atoms with Crippen LogP contribution < -0.4 is 14.8 Å². The molecule has 146 valence electrons. The number of nitrogens with one attached hydrogen (secondary N) is 1. The Kier molecular flexibility index (Phi) is 7.03. The molecule has 28 heavy (non-hydrogen) atoms. The van der Waals surface area contributed by atoms with Crippen molar-refractivity contribution in [3.63, 3.8) is 0 Å². The Hall–Kier alpha value is -2.86. The van der Waals surface area contributed by atoms with E-state index in [9.17, 15) is 4.79 Å². The molecule has 1 heterocycles. The van der Waals surface area contributed by atoms with Crippen molar-refractivity contribution in [2.24, 2.45) is 0 Å². The second-order valence-electron chi connectivity index (χ2n) is 6.30. The van der Waals surface area contributed by atoms with Crippen molar-refractivity contribution in [3.8, 4) is 22.8 Å². The quantitative estimate of drug-likeness (QED) is 0.587. The molecule has 0 fully saturated rings. The summed E-state index contributed by atoms with van der Waals surface area (Å²) >= 11 is 1.65. The van der Waals surface area contributed by atoms with E-state index < -0.39 is 0 Å². The van der Waals surface area contributed by atoms with Crippen LogP contribution in [0.3, 0.4) is 0 Å². The lowest BCUT2D eigenvalue weighted by atomic mass is 10.1. The fourth-order valence-electron chi connectivity index (χ4n) is 2.76. The van der Waals surface area contributed by atoms with E-state index in [-0.39, 0.29) is 5.91 Å². The van der Waals surface area contributed by atoms with Gasteiger partial charge in [0.1, 0.15) is 0 Å². The van der Waals surface area contributed by atoms with Crippen LogP contribution in [-0.4, -0.2) is 31.2 Å². The molecule has 0 spiro atoms. The molecular weight excluding hydrogens is 372 g/mol. The highest BCUT2D eigenvalue weighted by Crippen LogP contribution is 2.25. The van der Waals surface area contributed by atoms with Gasteiger partial charge in [-0.05, 0) is 31.0 Å². The topological polar surface area (TPSA) is 60.5 Å². The third kappa shape index (κ3) is 5.57. The number of rotatable bonds is 9. The molecule has 0 unspecified atom stereocenters. The van der Waals surface area contributed by atoms with Crippen molar-refractivity contribution in [3.05, 3.63) is 64.5 Å². The van der Waals surface area contributed by atoms with Crippen LogP contribution in [0.1, 0.15) is 17.0 Å². The number of methoxy groups -OCH3 is 1. The van der Waals surface area contributed by atoms with Crippen molar-refractivity contribution in [2.75, 3.05) is 20.3 Å². The Morgan fingerprint density at radius 3 is 2.54 bits per heavy atom. The number of carbonyl (C=O) groups excluding carboxylic acids is 1. The average Bonchev–Trinajstić information content (AvgIpc) is 3.15. The smallest absolute Gasteiger partial charge is 0.223 e. The van der Waals surface area contributed by atoms with Crippen LogP contribution in [-0.2, 0) is 11.2 Å². The standard InChI is InChI=1S/C22H24N2O3S/c1-16-24-19(15-28-16)18-9-7-17(8-10-18)11-13-23-22(25)12-14-27-21-6-4-3-5-20(21)26-2/h3-10,15H,11-14H2,1-2H3,(H,23,25). The van der Waals surface area contributed by atoms with Crippen molar-refractivity contribution in [1.82, 2.24) is 10.3 Å². The molecule has 6 heteroatoms. The molecule has 0 saturated heterocycles. The van der Waals surface area contributed by atoms with Crippen LogP contribution >= 0.6 is 11.3 Å². The van der Waals surface area contributed by atoms with E-state index in [1.54, 1.807) is 18.4 Å². The Morgan fingerprint density at radius 1 is 1.11 bits per heavy atom. The van der Waals surface area contributed by atoms with Gasteiger partial charge in [-0.25, -0.2) is 4.98 Å². The predicted molar refractivity (Wildman–Crippen MR) is 112 cm³/mol. The third-order valence-corrected chi connectivity index (χ3v) is 5.03. The van der Waals surface area contributed by atoms with Gasteiger partial charge < -0.3 is 14.8 Å². The van der Waals surface area contributed by atoms with Crippen molar-refractivity contribution >= 4 is 17.2 Å². The highest BCUT2D eigenvalue weighted by molar-refractivity contribution is 7.09. The van der Waals surface area contributed by atoms with Crippen LogP contribution in [0.15, 0.2) is 53.9 Å². The lowest BCUT2D eigenvalue weighted by Crippen LogP contribution is -2.27. The Labute approximate surface area is 169 Å². The van der Waals surface area contributed by atoms with E-state index >= 15 is 0 Å². The lowest BCUT2D eigenvalue weighted by molar-refractivity contribution is -0.121. The minimum Gasteiger partial charge on any atom is -0.493 e. The predicted octanol–water partition coefficient (Wildman–Crippen LogP) is 4.25. The zero-order valence-electron chi connectivity index (χ0n) is 16.1. The van der Waals surface area contributed by atoms with Crippen LogP contribution in [0.2, 0.25) is 0 Å². The van der Waals surface area contributed by atoms with Gasteiger partial charge in [0.05, 0.1) is 30.8 Å². The van der Waals surface area contributed by atoms with Gasteiger partial charge in [0.25, 0.3) is 0 Å². The minimum atomic E-state index is -0.0236. The summed E-state index contributed by atoms with van der Waals surface area (Å²) in [6.07, 6.45) is 1.09. The molecule has 0 aliphatic carbocycles. The number of carbonyl (C=O) groups is 1. The number of aryl methyl sites for hydroxylation is 1. The Bertz CT molecular complexity index is 906. The molecule has 0 aliphatic rings. The molecule has 3 rings (SSSR count). The first-order chi connectivity index (χ1) is 13.7. The van der Waals surface area contributed by atoms with Gasteiger partial charge in [-0.1, -0.05) is 36.4 Å². The Balaban J connectivity index is 1.38. The number of thiazole rings is 1. The second-order valence-corrected chi connectivity index (χ2v) is 7.36. The largest absolute Gasteiger partial charge is 0.493 e. The van der Waals surface area contributed by atoms with Crippen LogP contribution in [0.25, 0.3) is 11.3 Å². The summed E-state index contributed by atoms with van der Waals surface area (Å²) in [6, 6.07) is 15.7. The number of amides is 1. The molecule has 5 nitrogen and oxygen atoms in total. The van der Waals surface area contributed by atoms with Gasteiger partial charge >= 0.3 is 0 Å². The highest BCUT2D eigenvalue weighted by Gasteiger charge is 2.06. The van der Waals surface area contributed by atoms with E-state index in [1.165, 1.54) is 5.56 Å². The Morgan fingerprint density at radius 2 is 1.86 bits per heavy atom. The number of nitrogens with zero attached hydrogens (tertiary/aromatic N) is 1. The zero-order valence-corrected chi connectivity index (χ0v) is 16.9. The molecule has 0 aliphatic heterocycles. The summed E-state index contributed by atoms with van der Waals surface area (Å²) in [5.74, 6) is 1.29. The van der Waals surface area contributed by atoms with Gasteiger partial charge in [0.2, 0.25) is 5.91 Å². The fraction of sp³-hybridized carbons (Fsp3) is 0.273. The molecule has 1 N–H and O–H groups in total. The highest BCUT2D eigenvalue weighted by atomic mass is 32.1. The third-order valence-electron chi connectivity index (χ3n) is 4.26. The summed E-state index contributed by atoms with van der Waals surface area (Å²) in [5.41, 5.74) is 3.31. The normalized spacial score (nSPS) is 10.5. The molecule has 2 aromatic carbocycles. The van der Waals surface area contributed by atoms with E-state index in [4.69, 9.17) is 9.47 Å². The zero-order chi connectivity index (χ0) is 19.8. The monoisotopic (exact) mass is 396 g/mol. The summed E-state index contributed by atoms with van der Waals surface area (Å²) in [7, 11) is 1.60. The first kappa shape index (κ1) is 19.9. The molecule has 0 bridgehead atoms. The number of para-hydroxylation sites is 2. The van der Waals surface area contributed by atoms with E-state index in [0.29, 0.717) is 31.1 Å². The maximum atomic E-state index is 12.0. The summed E-state index contributed by atoms with van der Waals surface area (Å²) in [5, 5.41) is 6.07. The average molecular weight is 397 g/mol. The molecule has 3 aromatic rings. The van der Waals surface area contributed by atoms with Gasteiger partial charge in [-0.15, -0.1) is 11.3 Å². The van der Waals surface area contributed by atoms with Crippen LogP contribution in [0, 0.1) is 6.92 Å². The van der Waals surface area contributed by atoms with Gasteiger partial charge in [-0.2, -0.15) is 0 Å². The van der Waals surface area contributed by atoms with Crippen molar-refractivity contribution in [2.45, 2.75) is 19.8 Å². The number of hydrogen-bond donors (Lipinski definition) is 1. The lowest BCUT2D eigenvalue weighted by Gasteiger charge is -2.10. The maximum Gasteiger partial charge on any atom is 0.223 e. The van der Waals surface area contributed by atoms with Gasteiger partial charge in [-0.3, -0.25) is 4.79 Å². The number of hydrogen-bond acceptors (Lipinski definition) is 5. The van der Waals surface area contributed by atoms with Gasteiger partial charge in [0.15, 0.2) is 11.5 Å². The summed E-state index contributed by atoms with van der Waals surface area (Å²) in [6.45, 7) is 2.92. The molecule has 1 aromatic heterocycles. The van der Waals surface area contributed by atoms with Crippen molar-refractivity contribution in [1.29, 1.82) is 0 Å². The summed E-state index contributed by atoms with van der Waals surface area (Å²) in [4.78, 5) is 16.5. The minimum absolute atomic E-state index is 0.0236. The van der Waals surface area contributed by atoms with Crippen molar-refractivity contribution < 1.29 is 14.3 Å². The number of benzene rings is 2. The first-order valence-corrected chi connectivity index (χ1v) is 10.1. The van der Waals surface area contributed by atoms with Crippen LogP contribution in [0.5, 0.6) is 11.5 Å². The van der Waals surface area contributed by atoms with Crippen LogP contribution in [0.4, 0.5) is 0 Å². The van der Waals surface area contributed by atoms with Gasteiger partial charge in [0, 0.05) is 17.5 Å².